The number of ether oxygens (including phenoxy) is 2. The van der Waals surface area contributed by atoms with Crippen molar-refractivity contribution in [2.45, 2.75) is 24.7 Å². The molecule has 2 aliphatic rings. The molecule has 0 saturated carbocycles. The van der Waals surface area contributed by atoms with Crippen LogP contribution in [0.3, 0.4) is 0 Å². The Hall–Kier alpha value is -3.80. The maximum atomic E-state index is 14.1. The molecule has 1 amide bonds. The Bertz CT molecular complexity index is 1270. The van der Waals surface area contributed by atoms with Crippen molar-refractivity contribution in [2.75, 3.05) is 45.7 Å². The van der Waals surface area contributed by atoms with Crippen LogP contribution in [0.2, 0.25) is 0 Å². The normalized spacial score (nSPS) is 19.6. The minimum absolute atomic E-state index is 0.172. The second-order valence-electron chi connectivity index (χ2n) is 8.94. The van der Waals surface area contributed by atoms with Gasteiger partial charge in [0.25, 0.3) is 5.91 Å². The van der Waals surface area contributed by atoms with Gasteiger partial charge in [-0.15, -0.1) is 0 Å². The highest BCUT2D eigenvalue weighted by Crippen LogP contribution is 2.45. The lowest BCUT2D eigenvalue weighted by molar-refractivity contribution is -0.173. The number of anilines is 1. The summed E-state index contributed by atoms with van der Waals surface area (Å²) in [4.78, 5) is 18.7. The smallest absolute Gasteiger partial charge is 0.410 e. The number of hydrogen-bond donors (Lipinski definition) is 2. The molecule has 0 spiro atoms. The number of carbonyl (C=O) groups is 1. The fraction of sp³-hybridized carbons (Fsp3) is 0.400. The fourth-order valence-corrected chi connectivity index (χ4v) is 4.70. The van der Waals surface area contributed by atoms with E-state index in [9.17, 15) is 18.0 Å². The lowest BCUT2D eigenvalue weighted by Gasteiger charge is -2.33. The van der Waals surface area contributed by atoms with Crippen molar-refractivity contribution >= 4 is 11.7 Å². The van der Waals surface area contributed by atoms with Crippen LogP contribution in [0.15, 0.2) is 42.6 Å². The Morgan fingerprint density at radius 1 is 1.05 bits per heavy atom. The van der Waals surface area contributed by atoms with Crippen LogP contribution in [0.1, 0.15) is 34.6 Å². The molecule has 1 fully saturated rings. The third kappa shape index (κ3) is 4.93. The molecular formula is C25H27F3N6O3. The maximum Gasteiger partial charge on any atom is 0.410 e. The number of aromatic nitrogens is 3. The van der Waals surface area contributed by atoms with Crippen molar-refractivity contribution in [3.8, 4) is 22.8 Å². The summed E-state index contributed by atoms with van der Waals surface area (Å²) in [5.41, 5.74) is 1.77. The molecule has 1 aromatic carbocycles. The molecule has 0 unspecified atom stereocenters. The summed E-state index contributed by atoms with van der Waals surface area (Å²) in [6.07, 6.45) is -3.28. The summed E-state index contributed by atoms with van der Waals surface area (Å²) < 4.78 is 53.9. The third-order valence-corrected chi connectivity index (χ3v) is 6.68. The first-order valence-electron chi connectivity index (χ1n) is 11.9. The Labute approximate surface area is 211 Å². The minimum Gasteiger partial charge on any atom is -0.493 e. The highest BCUT2D eigenvalue weighted by Gasteiger charge is 2.46. The summed E-state index contributed by atoms with van der Waals surface area (Å²) in [7, 11) is 2.98. The number of alkyl halides is 3. The zero-order valence-electron chi connectivity index (χ0n) is 20.4. The van der Waals surface area contributed by atoms with Crippen LogP contribution in [0.4, 0.5) is 19.0 Å². The summed E-state index contributed by atoms with van der Waals surface area (Å²) in [6.45, 7) is 2.65. The minimum atomic E-state index is -4.51. The SMILES string of the molecule is COc1ccc([C@@H]2C[C@H](C(F)(F)F)n3nc(-c4ccc(C(=O)N5CCNCC5)nc4)cc3N2)cc1OC. The first kappa shape index (κ1) is 24.9. The number of carbonyl (C=O) groups excluding carboxylic acids is 1. The standard InChI is InChI=1S/C25H27F3N6O3/c1-36-20-6-4-15(11-21(20)37-2)18-12-22(25(26,27)28)34-23(31-18)13-19(32-34)16-3-5-17(30-14-16)24(35)33-9-7-29-8-10-33/h3-6,11,13-14,18,22,29,31H,7-10,12H2,1-2H3/t18-,22+/m0/s1. The topological polar surface area (TPSA) is 93.5 Å². The molecule has 2 aromatic heterocycles. The van der Waals surface area contributed by atoms with Gasteiger partial charge in [-0.1, -0.05) is 6.07 Å². The van der Waals surface area contributed by atoms with Crippen LogP contribution in [-0.4, -0.2) is 72.1 Å². The van der Waals surface area contributed by atoms with E-state index in [4.69, 9.17) is 9.47 Å². The number of piperazine rings is 1. The van der Waals surface area contributed by atoms with Gasteiger partial charge in [-0.25, -0.2) is 4.68 Å². The van der Waals surface area contributed by atoms with E-state index in [1.165, 1.54) is 20.4 Å². The van der Waals surface area contributed by atoms with Crippen LogP contribution in [0.25, 0.3) is 11.3 Å². The molecule has 2 N–H and O–H groups in total. The Kier molecular flexibility index (Phi) is 6.67. The second kappa shape index (κ2) is 9.92. The number of amides is 1. The van der Waals surface area contributed by atoms with E-state index >= 15 is 0 Å². The first-order valence-corrected chi connectivity index (χ1v) is 11.9. The Balaban J connectivity index is 1.42. The molecule has 2 atom stereocenters. The molecule has 0 radical (unpaired) electrons. The Morgan fingerprint density at radius 3 is 2.46 bits per heavy atom. The zero-order chi connectivity index (χ0) is 26.2. The van der Waals surface area contributed by atoms with Gasteiger partial charge in [0.05, 0.1) is 26.0 Å². The molecule has 37 heavy (non-hydrogen) atoms. The lowest BCUT2D eigenvalue weighted by atomic mass is 9.96. The first-order chi connectivity index (χ1) is 17.8. The molecule has 0 bridgehead atoms. The number of fused-ring (bicyclic) bond motifs is 1. The number of nitrogens with one attached hydrogen (secondary N) is 2. The van der Waals surface area contributed by atoms with E-state index in [0.29, 0.717) is 41.4 Å². The largest absolute Gasteiger partial charge is 0.493 e. The molecular weight excluding hydrogens is 489 g/mol. The predicted molar refractivity (Wildman–Crippen MR) is 130 cm³/mol. The average molecular weight is 517 g/mol. The van der Waals surface area contributed by atoms with Crippen molar-refractivity contribution in [3.05, 3.63) is 53.9 Å². The number of hydrogen-bond acceptors (Lipinski definition) is 7. The molecule has 5 rings (SSSR count). The second-order valence-corrected chi connectivity index (χ2v) is 8.94. The van der Waals surface area contributed by atoms with Gasteiger partial charge in [-0.3, -0.25) is 9.78 Å². The van der Waals surface area contributed by atoms with E-state index in [0.717, 1.165) is 17.8 Å². The van der Waals surface area contributed by atoms with E-state index in [2.05, 4.69) is 20.7 Å². The monoisotopic (exact) mass is 516 g/mol. The van der Waals surface area contributed by atoms with Gasteiger partial charge in [0, 0.05) is 50.4 Å². The van der Waals surface area contributed by atoms with Crippen LogP contribution >= 0.6 is 0 Å². The van der Waals surface area contributed by atoms with Crippen molar-refractivity contribution in [1.29, 1.82) is 0 Å². The molecule has 2 aliphatic heterocycles. The third-order valence-electron chi connectivity index (χ3n) is 6.68. The van der Waals surface area contributed by atoms with Gasteiger partial charge in [-0.2, -0.15) is 18.3 Å². The summed E-state index contributed by atoms with van der Waals surface area (Å²) in [5, 5.41) is 10.6. The van der Waals surface area contributed by atoms with E-state index in [-0.39, 0.29) is 23.8 Å². The van der Waals surface area contributed by atoms with Gasteiger partial charge in [0.15, 0.2) is 17.5 Å². The summed E-state index contributed by atoms with van der Waals surface area (Å²) in [5.74, 6) is 0.998. The molecule has 1 saturated heterocycles. The lowest BCUT2D eigenvalue weighted by Crippen LogP contribution is -2.46. The molecule has 12 heteroatoms. The van der Waals surface area contributed by atoms with Gasteiger partial charge in [0.2, 0.25) is 0 Å². The number of benzene rings is 1. The van der Waals surface area contributed by atoms with Crippen LogP contribution in [-0.2, 0) is 0 Å². The van der Waals surface area contributed by atoms with Crippen molar-refractivity contribution in [2.24, 2.45) is 0 Å². The molecule has 9 nitrogen and oxygen atoms in total. The fourth-order valence-electron chi connectivity index (χ4n) is 4.70. The quantitative estimate of drug-likeness (QED) is 0.535. The molecule has 4 heterocycles. The van der Waals surface area contributed by atoms with E-state index < -0.39 is 18.3 Å². The number of halogens is 3. The molecule has 196 valence electrons. The van der Waals surface area contributed by atoms with Crippen LogP contribution in [0.5, 0.6) is 11.5 Å². The van der Waals surface area contributed by atoms with Gasteiger partial charge in [-0.05, 0) is 29.8 Å². The number of methoxy groups -OCH3 is 2. The highest BCUT2D eigenvalue weighted by atomic mass is 19.4. The molecule has 0 aliphatic carbocycles. The maximum absolute atomic E-state index is 14.1. The Morgan fingerprint density at radius 2 is 1.81 bits per heavy atom. The van der Waals surface area contributed by atoms with Gasteiger partial charge in [0.1, 0.15) is 11.5 Å². The van der Waals surface area contributed by atoms with Crippen molar-refractivity contribution < 1.29 is 27.4 Å². The summed E-state index contributed by atoms with van der Waals surface area (Å²) >= 11 is 0. The number of nitrogens with zero attached hydrogens (tertiary/aromatic N) is 4. The van der Waals surface area contributed by atoms with Crippen LogP contribution < -0.4 is 20.1 Å². The zero-order valence-corrected chi connectivity index (χ0v) is 20.4. The summed E-state index contributed by atoms with van der Waals surface area (Å²) in [6, 6.07) is 7.43. The van der Waals surface area contributed by atoms with E-state index in [1.54, 1.807) is 41.3 Å². The van der Waals surface area contributed by atoms with E-state index in [1.807, 2.05) is 0 Å². The van der Waals surface area contributed by atoms with Gasteiger partial charge >= 0.3 is 6.18 Å². The van der Waals surface area contributed by atoms with Crippen molar-refractivity contribution in [1.82, 2.24) is 25.0 Å². The van der Waals surface area contributed by atoms with Crippen LogP contribution in [0, 0.1) is 0 Å². The number of rotatable bonds is 5. The number of pyridine rings is 1. The van der Waals surface area contributed by atoms with Crippen molar-refractivity contribution in [3.63, 3.8) is 0 Å². The average Bonchev–Trinajstić information content (AvgIpc) is 3.36. The predicted octanol–water partition coefficient (Wildman–Crippen LogP) is 3.67. The van der Waals surface area contributed by atoms with Gasteiger partial charge < -0.3 is 25.0 Å². The molecule has 3 aromatic rings. The highest BCUT2D eigenvalue weighted by molar-refractivity contribution is 5.92.